The van der Waals surface area contributed by atoms with Gasteiger partial charge in [0.15, 0.2) is 11.5 Å². The van der Waals surface area contributed by atoms with Crippen LogP contribution in [-0.2, 0) is 4.74 Å². The molecule has 1 amide bonds. The molecule has 2 aromatic rings. The second-order valence-corrected chi connectivity index (χ2v) is 6.22. The van der Waals surface area contributed by atoms with Crippen molar-refractivity contribution in [3.63, 3.8) is 0 Å². The Hall–Kier alpha value is -2.31. The van der Waals surface area contributed by atoms with Gasteiger partial charge in [-0.2, -0.15) is 0 Å². The highest BCUT2D eigenvalue weighted by atomic mass is 35.5. The molecule has 4 rings (SSSR count). The number of hydrogen-bond acceptors (Lipinski definition) is 4. The molecule has 5 nitrogen and oxygen atoms in total. The van der Waals surface area contributed by atoms with Gasteiger partial charge in [-0.3, -0.25) is 4.79 Å². The third-order valence-electron chi connectivity index (χ3n) is 4.29. The smallest absolute Gasteiger partial charge is 0.257 e. The van der Waals surface area contributed by atoms with Crippen LogP contribution in [0.4, 0.5) is 4.39 Å². The Balaban J connectivity index is 1.57. The first-order valence-corrected chi connectivity index (χ1v) is 8.26. The lowest BCUT2D eigenvalue weighted by molar-refractivity contribution is -0.0229. The number of morpholine rings is 1. The van der Waals surface area contributed by atoms with Gasteiger partial charge < -0.3 is 19.1 Å². The van der Waals surface area contributed by atoms with Gasteiger partial charge in [-0.1, -0.05) is 23.7 Å². The standard InChI is InChI=1S/C18H15ClFNO4/c19-14-8-11(20)4-5-12(14)16-9-21(6-7-23-16)18(22)13-2-1-3-15-17(13)25-10-24-15/h1-5,8,16H,6-7,9-10H2/t16-/m0/s1. The van der Waals surface area contributed by atoms with Gasteiger partial charge in [0.2, 0.25) is 6.79 Å². The summed E-state index contributed by atoms with van der Waals surface area (Å²) in [4.78, 5) is 14.6. The van der Waals surface area contributed by atoms with Crippen LogP contribution in [0.15, 0.2) is 36.4 Å². The second-order valence-electron chi connectivity index (χ2n) is 5.82. The lowest BCUT2D eigenvalue weighted by atomic mass is 10.1. The monoisotopic (exact) mass is 363 g/mol. The summed E-state index contributed by atoms with van der Waals surface area (Å²) in [6.07, 6.45) is -0.403. The van der Waals surface area contributed by atoms with E-state index in [2.05, 4.69) is 0 Å². The number of ether oxygens (including phenoxy) is 3. The molecule has 1 fully saturated rings. The average Bonchev–Trinajstić information content (AvgIpc) is 3.10. The van der Waals surface area contributed by atoms with Crippen molar-refractivity contribution in [2.24, 2.45) is 0 Å². The fourth-order valence-corrected chi connectivity index (χ4v) is 3.34. The van der Waals surface area contributed by atoms with E-state index in [0.717, 1.165) is 0 Å². The summed E-state index contributed by atoms with van der Waals surface area (Å²) in [6.45, 7) is 1.26. The molecule has 0 N–H and O–H groups in total. The van der Waals surface area contributed by atoms with Gasteiger partial charge in [0, 0.05) is 17.1 Å². The fourth-order valence-electron chi connectivity index (χ4n) is 3.05. The van der Waals surface area contributed by atoms with E-state index >= 15 is 0 Å². The zero-order valence-corrected chi connectivity index (χ0v) is 14.0. The number of fused-ring (bicyclic) bond motifs is 1. The van der Waals surface area contributed by atoms with E-state index in [1.165, 1.54) is 12.1 Å². The summed E-state index contributed by atoms with van der Waals surface area (Å²) in [5.74, 6) is 0.468. The molecule has 2 aliphatic rings. The SMILES string of the molecule is O=C(c1cccc2c1OCO2)N1CCO[C@H](c2ccc(F)cc2Cl)C1. The minimum Gasteiger partial charge on any atom is -0.454 e. The highest BCUT2D eigenvalue weighted by molar-refractivity contribution is 6.31. The van der Waals surface area contributed by atoms with Crippen LogP contribution in [0.2, 0.25) is 5.02 Å². The second kappa shape index (κ2) is 6.54. The number of amides is 1. The molecule has 130 valence electrons. The molecule has 2 aliphatic heterocycles. The Morgan fingerprint density at radius 1 is 1.24 bits per heavy atom. The first-order valence-electron chi connectivity index (χ1n) is 7.88. The van der Waals surface area contributed by atoms with Crippen LogP contribution >= 0.6 is 11.6 Å². The van der Waals surface area contributed by atoms with Crippen LogP contribution in [0, 0.1) is 5.82 Å². The third kappa shape index (κ3) is 3.03. The summed E-state index contributed by atoms with van der Waals surface area (Å²) in [6, 6.07) is 9.41. The van der Waals surface area contributed by atoms with Crippen LogP contribution in [-0.4, -0.2) is 37.3 Å². The van der Waals surface area contributed by atoms with E-state index in [1.807, 2.05) is 0 Å². The molecule has 2 heterocycles. The normalized spacial score (nSPS) is 19.1. The maximum Gasteiger partial charge on any atom is 0.257 e. The molecule has 0 unspecified atom stereocenters. The van der Waals surface area contributed by atoms with Gasteiger partial charge in [0.25, 0.3) is 5.91 Å². The van der Waals surface area contributed by atoms with Gasteiger partial charge in [0.1, 0.15) is 11.9 Å². The number of carbonyl (C=O) groups is 1. The molecule has 0 aliphatic carbocycles. The number of rotatable bonds is 2. The van der Waals surface area contributed by atoms with Crippen LogP contribution in [0.25, 0.3) is 0 Å². The Morgan fingerprint density at radius 2 is 2.12 bits per heavy atom. The average molecular weight is 364 g/mol. The number of benzene rings is 2. The molecule has 1 atom stereocenters. The first-order chi connectivity index (χ1) is 12.1. The molecule has 0 spiro atoms. The van der Waals surface area contributed by atoms with Gasteiger partial charge in [-0.25, -0.2) is 4.39 Å². The molecule has 7 heteroatoms. The number of nitrogens with zero attached hydrogens (tertiary/aromatic N) is 1. The largest absolute Gasteiger partial charge is 0.454 e. The number of carbonyl (C=O) groups excluding carboxylic acids is 1. The molecule has 1 saturated heterocycles. The Kier molecular flexibility index (Phi) is 4.23. The van der Waals surface area contributed by atoms with Crippen LogP contribution in [0.5, 0.6) is 11.5 Å². The molecule has 25 heavy (non-hydrogen) atoms. The molecule has 0 radical (unpaired) electrons. The van der Waals surface area contributed by atoms with Gasteiger partial charge in [0.05, 0.1) is 18.7 Å². The first kappa shape index (κ1) is 16.2. The molecule has 0 aromatic heterocycles. The predicted octanol–water partition coefficient (Wildman–Crippen LogP) is 3.42. The van der Waals surface area contributed by atoms with Crippen molar-refractivity contribution in [3.05, 3.63) is 58.4 Å². The minimum absolute atomic E-state index is 0.108. The van der Waals surface area contributed by atoms with E-state index < -0.39 is 11.9 Å². The van der Waals surface area contributed by atoms with Gasteiger partial charge >= 0.3 is 0 Å². The van der Waals surface area contributed by atoms with E-state index in [9.17, 15) is 9.18 Å². The summed E-state index contributed by atoms with van der Waals surface area (Å²) in [5, 5.41) is 0.289. The maximum absolute atomic E-state index is 13.3. The molecule has 0 saturated carbocycles. The summed E-state index contributed by atoms with van der Waals surface area (Å²) >= 11 is 6.12. The Morgan fingerprint density at radius 3 is 2.96 bits per heavy atom. The van der Waals surface area contributed by atoms with Crippen molar-refractivity contribution in [2.75, 3.05) is 26.5 Å². The van der Waals surface area contributed by atoms with Crippen LogP contribution in [0.1, 0.15) is 22.0 Å². The van der Waals surface area contributed by atoms with Crippen LogP contribution in [0.3, 0.4) is 0 Å². The number of para-hydroxylation sites is 1. The quantitative estimate of drug-likeness (QED) is 0.820. The van der Waals surface area contributed by atoms with Gasteiger partial charge in [-0.05, 0) is 24.3 Å². The third-order valence-corrected chi connectivity index (χ3v) is 4.62. The highest BCUT2D eigenvalue weighted by Crippen LogP contribution is 2.37. The summed E-state index contributed by atoms with van der Waals surface area (Å²) in [5.41, 5.74) is 1.12. The Bertz CT molecular complexity index is 829. The molecular weight excluding hydrogens is 349 g/mol. The van der Waals surface area contributed by atoms with E-state index in [4.69, 9.17) is 25.8 Å². The van der Waals surface area contributed by atoms with E-state index in [1.54, 1.807) is 29.2 Å². The van der Waals surface area contributed by atoms with Crippen molar-refractivity contribution in [3.8, 4) is 11.5 Å². The molecule has 2 aromatic carbocycles. The van der Waals surface area contributed by atoms with Gasteiger partial charge in [-0.15, -0.1) is 0 Å². The minimum atomic E-state index is -0.408. The lowest BCUT2D eigenvalue weighted by Crippen LogP contribution is -2.42. The van der Waals surface area contributed by atoms with Crippen molar-refractivity contribution in [2.45, 2.75) is 6.10 Å². The predicted molar refractivity (Wildman–Crippen MR) is 88.6 cm³/mol. The molecular formula is C18H15ClFNO4. The number of halogens is 2. The summed E-state index contributed by atoms with van der Waals surface area (Å²) < 4.78 is 29.7. The zero-order chi connectivity index (χ0) is 17.4. The van der Waals surface area contributed by atoms with E-state index in [-0.39, 0.29) is 17.7 Å². The fraction of sp³-hybridized carbons (Fsp3) is 0.278. The lowest BCUT2D eigenvalue weighted by Gasteiger charge is -2.33. The Labute approximate surface area is 148 Å². The van der Waals surface area contributed by atoms with Crippen molar-refractivity contribution < 1.29 is 23.4 Å². The van der Waals surface area contributed by atoms with Crippen molar-refractivity contribution in [1.82, 2.24) is 4.90 Å². The molecule has 0 bridgehead atoms. The topological polar surface area (TPSA) is 48.0 Å². The zero-order valence-electron chi connectivity index (χ0n) is 13.2. The van der Waals surface area contributed by atoms with Crippen molar-refractivity contribution >= 4 is 17.5 Å². The van der Waals surface area contributed by atoms with E-state index in [0.29, 0.717) is 42.3 Å². The number of hydrogen-bond donors (Lipinski definition) is 0. The maximum atomic E-state index is 13.3. The summed E-state index contributed by atoms with van der Waals surface area (Å²) in [7, 11) is 0. The highest BCUT2D eigenvalue weighted by Gasteiger charge is 2.30. The van der Waals surface area contributed by atoms with Crippen LogP contribution < -0.4 is 9.47 Å². The van der Waals surface area contributed by atoms with Crippen molar-refractivity contribution in [1.29, 1.82) is 0 Å².